The van der Waals surface area contributed by atoms with Crippen molar-refractivity contribution in [3.63, 3.8) is 0 Å². The molecule has 0 aliphatic carbocycles. The van der Waals surface area contributed by atoms with Crippen molar-refractivity contribution in [1.82, 2.24) is 0 Å². The van der Waals surface area contributed by atoms with Crippen molar-refractivity contribution in [1.29, 1.82) is 0 Å². The van der Waals surface area contributed by atoms with Gasteiger partial charge in [0, 0.05) is 20.6 Å². The van der Waals surface area contributed by atoms with Crippen LogP contribution in [0, 0.1) is 0 Å². The van der Waals surface area contributed by atoms with E-state index in [1.54, 1.807) is 24.3 Å². The molecule has 1 aliphatic heterocycles. The van der Waals surface area contributed by atoms with Gasteiger partial charge >= 0.3 is 0 Å². The van der Waals surface area contributed by atoms with Crippen LogP contribution in [0.4, 0.5) is 5.69 Å². The fraction of sp³-hybridized carbons (Fsp3) is 0.231. The van der Waals surface area contributed by atoms with Gasteiger partial charge in [-0.15, -0.1) is 11.3 Å². The summed E-state index contributed by atoms with van der Waals surface area (Å²) in [6.07, 6.45) is 0. The summed E-state index contributed by atoms with van der Waals surface area (Å²) in [4.78, 5) is 28.7. The molecule has 1 fully saturated rings. The van der Waals surface area contributed by atoms with Gasteiger partial charge in [0.2, 0.25) is 0 Å². The third kappa shape index (κ3) is 4.35. The summed E-state index contributed by atoms with van der Waals surface area (Å²) in [6, 6.07) is 15.6. The zero-order chi connectivity index (χ0) is 23.7. The van der Waals surface area contributed by atoms with Gasteiger partial charge in [0.05, 0.1) is 12.2 Å². The number of hydrogen-bond donors (Lipinski definition) is 1. The van der Waals surface area contributed by atoms with Crippen LogP contribution < -0.4 is 9.64 Å². The number of rotatable bonds is 6. The van der Waals surface area contributed by atoms with Crippen LogP contribution in [0.15, 0.2) is 70.0 Å². The lowest BCUT2D eigenvalue weighted by Crippen LogP contribution is -2.29. The first-order valence-electron chi connectivity index (χ1n) is 10.7. The Morgan fingerprint density at radius 1 is 1.15 bits per heavy atom. The molecule has 0 bridgehead atoms. The average molecular weight is 526 g/mol. The van der Waals surface area contributed by atoms with Gasteiger partial charge in [0.25, 0.3) is 11.7 Å². The van der Waals surface area contributed by atoms with E-state index in [1.807, 2.05) is 56.5 Å². The molecular formula is C26H24BrNO4S. The van der Waals surface area contributed by atoms with Gasteiger partial charge in [-0.25, -0.2) is 0 Å². The summed E-state index contributed by atoms with van der Waals surface area (Å²) in [5.41, 5.74) is 2.07. The second-order valence-corrected chi connectivity index (χ2v) is 9.90. The zero-order valence-electron chi connectivity index (χ0n) is 18.5. The highest BCUT2D eigenvalue weighted by molar-refractivity contribution is 9.10. The predicted molar refractivity (Wildman–Crippen MR) is 135 cm³/mol. The lowest BCUT2D eigenvalue weighted by molar-refractivity contribution is -0.132. The fourth-order valence-corrected chi connectivity index (χ4v) is 5.24. The molecule has 1 aliphatic rings. The number of ether oxygens (including phenoxy) is 1. The molecule has 2 aromatic carbocycles. The average Bonchev–Trinajstić information content (AvgIpc) is 3.40. The minimum Gasteiger partial charge on any atom is -0.507 e. The van der Waals surface area contributed by atoms with Gasteiger partial charge in [0.1, 0.15) is 17.6 Å². The highest BCUT2D eigenvalue weighted by Gasteiger charge is 2.47. The van der Waals surface area contributed by atoms with E-state index in [-0.39, 0.29) is 17.3 Å². The molecule has 1 aromatic heterocycles. The molecule has 7 heteroatoms. The Bertz CT molecular complexity index is 1230. The number of Topliss-reactive ketones (excluding diaryl/α,β-unsaturated/α-hetero) is 1. The number of aliphatic hydroxyl groups excluding tert-OH is 1. The van der Waals surface area contributed by atoms with E-state index in [0.29, 0.717) is 17.9 Å². The van der Waals surface area contributed by atoms with Crippen LogP contribution in [0.2, 0.25) is 0 Å². The Balaban J connectivity index is 1.90. The lowest BCUT2D eigenvalue weighted by atomic mass is 9.95. The van der Waals surface area contributed by atoms with Crippen molar-refractivity contribution in [2.24, 2.45) is 0 Å². The molecule has 1 unspecified atom stereocenters. The molecule has 2 heterocycles. The minimum absolute atomic E-state index is 0.0845. The number of carbonyl (C=O) groups excluding carboxylic acids is 2. The first-order valence-corrected chi connectivity index (χ1v) is 12.4. The highest BCUT2D eigenvalue weighted by Crippen LogP contribution is 2.44. The van der Waals surface area contributed by atoms with Gasteiger partial charge in [-0.05, 0) is 66.2 Å². The molecule has 33 heavy (non-hydrogen) atoms. The zero-order valence-corrected chi connectivity index (χ0v) is 20.9. The van der Waals surface area contributed by atoms with E-state index in [0.717, 1.165) is 20.7 Å². The summed E-state index contributed by atoms with van der Waals surface area (Å²) >= 11 is 4.88. The molecule has 0 saturated carbocycles. The van der Waals surface area contributed by atoms with Crippen molar-refractivity contribution >= 4 is 50.4 Å². The van der Waals surface area contributed by atoms with E-state index in [2.05, 4.69) is 15.9 Å². The summed E-state index contributed by atoms with van der Waals surface area (Å²) < 4.78 is 6.52. The number of benzene rings is 2. The number of ketones is 1. The predicted octanol–water partition coefficient (Wildman–Crippen LogP) is 6.66. The van der Waals surface area contributed by atoms with Crippen LogP contribution in [-0.4, -0.2) is 23.4 Å². The standard InChI is InChI=1S/C26H24BrNO4S/c1-4-32-20-11-10-16(13-19(20)15(2)3)24(29)22-23(21-9-6-12-33-21)28(26(31)25(22)30)18-8-5-7-17(27)14-18/h5-15,23,29H,4H2,1-3H3/b24-22-. The minimum atomic E-state index is -0.714. The molecule has 170 valence electrons. The van der Waals surface area contributed by atoms with Crippen molar-refractivity contribution < 1.29 is 19.4 Å². The molecule has 4 rings (SSSR count). The van der Waals surface area contributed by atoms with E-state index >= 15 is 0 Å². The summed E-state index contributed by atoms with van der Waals surface area (Å²) in [5, 5.41) is 13.3. The third-order valence-electron chi connectivity index (χ3n) is 5.55. The number of amides is 1. The summed E-state index contributed by atoms with van der Waals surface area (Å²) in [5.74, 6) is -0.659. The Morgan fingerprint density at radius 2 is 1.94 bits per heavy atom. The number of hydrogen-bond acceptors (Lipinski definition) is 5. The van der Waals surface area contributed by atoms with Crippen LogP contribution in [0.5, 0.6) is 5.75 Å². The van der Waals surface area contributed by atoms with Crippen LogP contribution in [0.1, 0.15) is 48.7 Å². The van der Waals surface area contributed by atoms with Crippen molar-refractivity contribution in [2.75, 3.05) is 11.5 Å². The normalized spacial score (nSPS) is 17.7. The van der Waals surface area contributed by atoms with Gasteiger partial charge in [0.15, 0.2) is 0 Å². The number of anilines is 1. The van der Waals surface area contributed by atoms with Gasteiger partial charge < -0.3 is 9.84 Å². The first kappa shape index (κ1) is 23.3. The van der Waals surface area contributed by atoms with Crippen molar-refractivity contribution in [2.45, 2.75) is 32.7 Å². The molecular weight excluding hydrogens is 502 g/mol. The van der Waals surface area contributed by atoms with E-state index in [1.165, 1.54) is 16.2 Å². The number of halogens is 1. The number of aliphatic hydroxyl groups is 1. The third-order valence-corrected chi connectivity index (χ3v) is 6.97. The number of nitrogens with zero attached hydrogens (tertiary/aromatic N) is 1. The van der Waals surface area contributed by atoms with Crippen LogP contribution >= 0.6 is 27.3 Å². The topological polar surface area (TPSA) is 66.8 Å². The largest absolute Gasteiger partial charge is 0.507 e. The molecule has 1 amide bonds. The lowest BCUT2D eigenvalue weighted by Gasteiger charge is -2.24. The maximum Gasteiger partial charge on any atom is 0.300 e. The molecule has 0 radical (unpaired) electrons. The maximum atomic E-state index is 13.2. The van der Waals surface area contributed by atoms with Gasteiger partial charge in [-0.3, -0.25) is 14.5 Å². The molecule has 1 saturated heterocycles. The Kier molecular flexibility index (Phi) is 6.72. The van der Waals surface area contributed by atoms with E-state index < -0.39 is 17.7 Å². The monoisotopic (exact) mass is 525 g/mol. The second-order valence-electron chi connectivity index (χ2n) is 8.00. The Labute approximate surface area is 205 Å². The van der Waals surface area contributed by atoms with E-state index in [9.17, 15) is 14.7 Å². The highest BCUT2D eigenvalue weighted by atomic mass is 79.9. The molecule has 1 N–H and O–H groups in total. The van der Waals surface area contributed by atoms with Crippen LogP contribution in [0.25, 0.3) is 5.76 Å². The van der Waals surface area contributed by atoms with Crippen molar-refractivity contribution in [3.8, 4) is 5.75 Å². The smallest absolute Gasteiger partial charge is 0.300 e. The van der Waals surface area contributed by atoms with Crippen molar-refractivity contribution in [3.05, 3.63) is 86.0 Å². The summed E-state index contributed by atoms with van der Waals surface area (Å²) in [7, 11) is 0. The van der Waals surface area contributed by atoms with Crippen LogP contribution in [-0.2, 0) is 9.59 Å². The number of thiophene rings is 1. The van der Waals surface area contributed by atoms with Gasteiger partial charge in [-0.1, -0.05) is 41.9 Å². The first-order chi connectivity index (χ1) is 15.8. The Morgan fingerprint density at radius 3 is 2.58 bits per heavy atom. The second kappa shape index (κ2) is 9.53. The van der Waals surface area contributed by atoms with Crippen LogP contribution in [0.3, 0.4) is 0 Å². The Hall–Kier alpha value is -2.90. The molecule has 5 nitrogen and oxygen atoms in total. The quantitative estimate of drug-likeness (QED) is 0.222. The SMILES string of the molecule is CCOc1ccc(/C(O)=C2/C(=O)C(=O)N(c3cccc(Br)c3)C2c2cccs2)cc1C(C)C. The molecule has 0 spiro atoms. The molecule has 3 aromatic rings. The van der Waals surface area contributed by atoms with E-state index in [4.69, 9.17) is 4.74 Å². The number of carbonyl (C=O) groups is 2. The maximum absolute atomic E-state index is 13.2. The van der Waals surface area contributed by atoms with Gasteiger partial charge in [-0.2, -0.15) is 0 Å². The fourth-order valence-electron chi connectivity index (χ4n) is 4.03. The summed E-state index contributed by atoms with van der Waals surface area (Å²) in [6.45, 7) is 6.53. The molecule has 1 atom stereocenters.